The third kappa shape index (κ3) is 2.79. The van der Waals surface area contributed by atoms with Crippen LogP contribution in [0.25, 0.3) is 0 Å². The fraction of sp³-hybridized carbons (Fsp3) is 0.875. The summed E-state index contributed by atoms with van der Waals surface area (Å²) in [6.45, 7) is 5.02. The highest BCUT2D eigenvalue weighted by Crippen LogP contribution is 2.05. The summed E-state index contributed by atoms with van der Waals surface area (Å²) in [5, 5.41) is 8.79. The van der Waals surface area contributed by atoms with Gasteiger partial charge in [0.15, 0.2) is 0 Å². The molecular weight excluding hydrogens is 156 g/mol. The zero-order valence-corrected chi connectivity index (χ0v) is 8.16. The van der Waals surface area contributed by atoms with Crippen LogP contribution in [0.15, 0.2) is 0 Å². The highest BCUT2D eigenvalue weighted by atomic mass is 16.3. The number of rotatable bonds is 3. The number of carbonyl (C=O) groups is 1. The molecule has 1 amide bonds. The Morgan fingerprint density at radius 1 is 1.67 bits per heavy atom. The van der Waals surface area contributed by atoms with E-state index >= 15 is 0 Å². The summed E-state index contributed by atoms with van der Waals surface area (Å²) in [7, 11) is 1.64. The van der Waals surface area contributed by atoms with E-state index in [0.717, 1.165) is 0 Å². The minimum Gasteiger partial charge on any atom is -0.394 e. The highest BCUT2D eigenvalue weighted by Gasteiger charge is 2.27. The minimum atomic E-state index is -0.863. The minimum absolute atomic E-state index is 0.0433. The van der Waals surface area contributed by atoms with E-state index in [1.54, 1.807) is 27.8 Å². The van der Waals surface area contributed by atoms with Crippen molar-refractivity contribution in [2.24, 2.45) is 5.73 Å². The molecule has 0 saturated heterocycles. The molecule has 4 nitrogen and oxygen atoms in total. The molecular formula is C8H18N2O2. The lowest BCUT2D eigenvalue weighted by Gasteiger charge is -2.29. The van der Waals surface area contributed by atoms with Gasteiger partial charge in [0.2, 0.25) is 5.91 Å². The first-order valence-electron chi connectivity index (χ1n) is 3.97. The number of nitrogens with two attached hydrogens (primary N) is 1. The molecule has 0 aliphatic carbocycles. The Morgan fingerprint density at radius 2 is 2.08 bits per heavy atom. The number of likely N-dealkylation sites (N-methyl/N-ethyl adjacent to an activating group) is 1. The zero-order valence-electron chi connectivity index (χ0n) is 8.16. The molecule has 0 spiro atoms. The first-order valence-corrected chi connectivity index (χ1v) is 3.97. The van der Waals surface area contributed by atoms with Crippen molar-refractivity contribution in [2.45, 2.75) is 32.4 Å². The molecule has 12 heavy (non-hydrogen) atoms. The monoisotopic (exact) mass is 174 g/mol. The Labute approximate surface area is 73.3 Å². The molecule has 0 fully saturated rings. The van der Waals surface area contributed by atoms with Crippen molar-refractivity contribution in [3.8, 4) is 0 Å². The molecule has 0 rings (SSSR count). The van der Waals surface area contributed by atoms with E-state index in [1.807, 2.05) is 0 Å². The molecule has 3 N–H and O–H groups in total. The van der Waals surface area contributed by atoms with Crippen LogP contribution in [0.3, 0.4) is 0 Å². The van der Waals surface area contributed by atoms with Gasteiger partial charge in [-0.25, -0.2) is 0 Å². The molecule has 72 valence electrons. The van der Waals surface area contributed by atoms with E-state index in [4.69, 9.17) is 10.8 Å². The van der Waals surface area contributed by atoms with Crippen molar-refractivity contribution in [3.05, 3.63) is 0 Å². The first-order chi connectivity index (χ1) is 5.30. The average Bonchev–Trinajstić information content (AvgIpc) is 1.98. The van der Waals surface area contributed by atoms with Gasteiger partial charge in [0, 0.05) is 7.05 Å². The quantitative estimate of drug-likeness (QED) is 0.609. The maximum absolute atomic E-state index is 11.5. The van der Waals surface area contributed by atoms with Crippen LogP contribution in [-0.2, 0) is 4.79 Å². The predicted molar refractivity (Wildman–Crippen MR) is 47.6 cm³/mol. The summed E-state index contributed by atoms with van der Waals surface area (Å²) in [5.41, 5.74) is 4.74. The van der Waals surface area contributed by atoms with Crippen molar-refractivity contribution in [1.29, 1.82) is 0 Å². The molecule has 0 heterocycles. The summed E-state index contributed by atoms with van der Waals surface area (Å²) in [4.78, 5) is 12.9. The maximum Gasteiger partial charge on any atom is 0.242 e. The normalized spacial score (nSPS) is 14.2. The Hall–Kier alpha value is -0.610. The van der Waals surface area contributed by atoms with Gasteiger partial charge >= 0.3 is 0 Å². The number of nitrogens with zero attached hydrogens (tertiary/aromatic N) is 1. The lowest BCUT2D eigenvalue weighted by molar-refractivity contribution is -0.137. The second-order valence-electron chi connectivity index (χ2n) is 3.67. The Kier molecular flexibility index (Phi) is 3.67. The number of aliphatic hydroxyl groups excluding tert-OH is 1. The lowest BCUT2D eigenvalue weighted by Crippen LogP contribution is -2.52. The second-order valence-corrected chi connectivity index (χ2v) is 3.67. The third-order valence-corrected chi connectivity index (χ3v) is 1.80. The van der Waals surface area contributed by atoms with Crippen LogP contribution in [0.4, 0.5) is 0 Å². The van der Waals surface area contributed by atoms with Gasteiger partial charge in [-0.1, -0.05) is 0 Å². The van der Waals surface area contributed by atoms with E-state index in [9.17, 15) is 4.79 Å². The molecule has 0 bridgehead atoms. The van der Waals surface area contributed by atoms with Crippen molar-refractivity contribution < 1.29 is 9.90 Å². The van der Waals surface area contributed by atoms with Gasteiger partial charge in [0.05, 0.1) is 18.2 Å². The molecule has 0 aliphatic rings. The van der Waals surface area contributed by atoms with E-state index in [1.165, 1.54) is 4.90 Å². The summed E-state index contributed by atoms with van der Waals surface area (Å²) < 4.78 is 0. The van der Waals surface area contributed by atoms with Crippen LogP contribution in [0.5, 0.6) is 0 Å². The smallest absolute Gasteiger partial charge is 0.242 e. The molecule has 0 aromatic rings. The third-order valence-electron chi connectivity index (χ3n) is 1.80. The standard InChI is InChI=1S/C8H18N2O2/c1-6(5-11)10(4)7(12)8(2,3)9/h6,11H,5,9H2,1-4H3. The molecule has 1 unspecified atom stereocenters. The summed E-state index contributed by atoms with van der Waals surface area (Å²) >= 11 is 0. The number of hydrogen-bond acceptors (Lipinski definition) is 3. The van der Waals surface area contributed by atoms with Crippen molar-refractivity contribution >= 4 is 5.91 Å². The molecule has 0 aliphatic heterocycles. The van der Waals surface area contributed by atoms with Crippen LogP contribution in [0, 0.1) is 0 Å². The fourth-order valence-electron chi connectivity index (χ4n) is 0.777. The number of carbonyl (C=O) groups excluding carboxylic acids is 1. The number of hydrogen-bond donors (Lipinski definition) is 2. The molecule has 1 atom stereocenters. The van der Waals surface area contributed by atoms with Crippen LogP contribution in [0.2, 0.25) is 0 Å². The molecule has 4 heteroatoms. The van der Waals surface area contributed by atoms with Crippen molar-refractivity contribution in [1.82, 2.24) is 4.90 Å². The van der Waals surface area contributed by atoms with Gasteiger partial charge < -0.3 is 15.7 Å². The largest absolute Gasteiger partial charge is 0.394 e. The summed E-state index contributed by atoms with van der Waals surface area (Å²) in [5.74, 6) is -0.163. The SMILES string of the molecule is CC(CO)N(C)C(=O)C(C)(C)N. The second kappa shape index (κ2) is 3.87. The Balaban J connectivity index is 4.30. The summed E-state index contributed by atoms with van der Waals surface area (Å²) in [6, 6.07) is -0.180. The number of amides is 1. The van der Waals surface area contributed by atoms with E-state index in [0.29, 0.717) is 0 Å². The zero-order chi connectivity index (χ0) is 9.94. The molecule has 0 radical (unpaired) electrons. The van der Waals surface area contributed by atoms with Gasteiger partial charge in [-0.05, 0) is 20.8 Å². The number of aliphatic hydroxyl groups is 1. The maximum atomic E-state index is 11.5. The molecule has 0 aromatic heterocycles. The van der Waals surface area contributed by atoms with Crippen LogP contribution in [-0.4, -0.2) is 41.1 Å². The van der Waals surface area contributed by atoms with E-state index in [2.05, 4.69) is 0 Å². The van der Waals surface area contributed by atoms with E-state index in [-0.39, 0.29) is 18.6 Å². The topological polar surface area (TPSA) is 66.6 Å². The van der Waals surface area contributed by atoms with Crippen molar-refractivity contribution in [3.63, 3.8) is 0 Å². The van der Waals surface area contributed by atoms with Gasteiger partial charge in [0.1, 0.15) is 0 Å². The predicted octanol–water partition coefficient (Wildman–Crippen LogP) is -0.437. The van der Waals surface area contributed by atoms with Crippen molar-refractivity contribution in [2.75, 3.05) is 13.7 Å². The van der Waals surface area contributed by atoms with Crippen LogP contribution >= 0.6 is 0 Å². The molecule has 0 aromatic carbocycles. The van der Waals surface area contributed by atoms with Gasteiger partial charge in [-0.3, -0.25) is 4.79 Å². The fourth-order valence-corrected chi connectivity index (χ4v) is 0.777. The van der Waals surface area contributed by atoms with Crippen LogP contribution in [0.1, 0.15) is 20.8 Å². The Morgan fingerprint density at radius 3 is 2.33 bits per heavy atom. The Bertz CT molecular complexity index is 163. The lowest BCUT2D eigenvalue weighted by atomic mass is 10.1. The highest BCUT2D eigenvalue weighted by molar-refractivity contribution is 5.85. The molecule has 0 saturated carbocycles. The average molecular weight is 174 g/mol. The summed E-state index contributed by atoms with van der Waals surface area (Å²) in [6.07, 6.45) is 0. The van der Waals surface area contributed by atoms with E-state index < -0.39 is 5.54 Å². The van der Waals surface area contributed by atoms with Gasteiger partial charge in [-0.15, -0.1) is 0 Å². The van der Waals surface area contributed by atoms with Gasteiger partial charge in [-0.2, -0.15) is 0 Å². The van der Waals surface area contributed by atoms with Crippen LogP contribution < -0.4 is 5.73 Å². The first kappa shape index (κ1) is 11.4. The van der Waals surface area contributed by atoms with Gasteiger partial charge in [0.25, 0.3) is 0 Å².